The Hall–Kier alpha value is -1.97. The first-order valence-electron chi connectivity index (χ1n) is 7.68. The molecule has 0 radical (unpaired) electrons. The predicted molar refractivity (Wildman–Crippen MR) is 95.9 cm³/mol. The van der Waals surface area contributed by atoms with Gasteiger partial charge in [0.2, 0.25) is 0 Å². The van der Waals surface area contributed by atoms with Crippen LogP contribution in [0.15, 0.2) is 27.1 Å². The Kier molecular flexibility index (Phi) is 4.56. The van der Waals surface area contributed by atoms with E-state index in [2.05, 4.69) is 10.3 Å². The van der Waals surface area contributed by atoms with Gasteiger partial charge in [-0.25, -0.2) is 8.42 Å². The van der Waals surface area contributed by atoms with Crippen LogP contribution in [0, 0.1) is 20.8 Å². The molecule has 0 unspecified atom stereocenters. The van der Waals surface area contributed by atoms with Gasteiger partial charge < -0.3 is 4.52 Å². The molecule has 3 rings (SSSR count). The number of aromatic nitrogens is 3. The fourth-order valence-corrected chi connectivity index (χ4v) is 5.52. The average Bonchev–Trinajstić information content (AvgIpc) is 3.20. The van der Waals surface area contributed by atoms with E-state index >= 15 is 0 Å². The summed E-state index contributed by atoms with van der Waals surface area (Å²) in [5.74, 6) is 0.683. The molecule has 3 aromatic heterocycles. The van der Waals surface area contributed by atoms with Gasteiger partial charge in [0.25, 0.3) is 10.0 Å². The zero-order valence-corrected chi connectivity index (χ0v) is 16.4. The van der Waals surface area contributed by atoms with Crippen molar-refractivity contribution in [2.45, 2.75) is 31.5 Å². The molecular weight excluding hydrogens is 360 g/mol. The highest BCUT2D eigenvalue weighted by Gasteiger charge is 2.25. The van der Waals surface area contributed by atoms with Crippen LogP contribution in [0.1, 0.15) is 22.7 Å². The van der Waals surface area contributed by atoms with Crippen molar-refractivity contribution in [2.75, 3.05) is 7.05 Å². The van der Waals surface area contributed by atoms with Crippen LogP contribution in [0.2, 0.25) is 0 Å². The summed E-state index contributed by atoms with van der Waals surface area (Å²) < 4.78 is 34.3. The van der Waals surface area contributed by atoms with E-state index < -0.39 is 10.0 Å². The van der Waals surface area contributed by atoms with Gasteiger partial charge in [-0.2, -0.15) is 9.40 Å². The second kappa shape index (κ2) is 6.40. The van der Waals surface area contributed by atoms with E-state index in [-0.39, 0.29) is 6.54 Å². The van der Waals surface area contributed by atoms with Crippen LogP contribution in [0.25, 0.3) is 10.4 Å². The van der Waals surface area contributed by atoms with Crippen LogP contribution >= 0.6 is 11.3 Å². The Morgan fingerprint density at radius 2 is 1.96 bits per heavy atom. The number of aryl methyl sites for hydroxylation is 4. The van der Waals surface area contributed by atoms with Gasteiger partial charge >= 0.3 is 0 Å². The zero-order chi connectivity index (χ0) is 18.4. The summed E-state index contributed by atoms with van der Waals surface area (Å²) >= 11 is 1.22. The monoisotopic (exact) mass is 380 g/mol. The summed E-state index contributed by atoms with van der Waals surface area (Å²) in [5, 5.41) is 8.19. The van der Waals surface area contributed by atoms with Gasteiger partial charge in [-0.05, 0) is 32.9 Å². The number of hydrogen-bond donors (Lipinski definition) is 0. The molecule has 9 heteroatoms. The number of nitrogens with zero attached hydrogens (tertiary/aromatic N) is 4. The van der Waals surface area contributed by atoms with Gasteiger partial charge in [0.15, 0.2) is 0 Å². The fourth-order valence-electron chi connectivity index (χ4n) is 2.71. The molecule has 0 aliphatic rings. The predicted octanol–water partition coefficient (Wildman–Crippen LogP) is 2.88. The Morgan fingerprint density at radius 3 is 2.52 bits per heavy atom. The molecule has 0 fully saturated rings. The fraction of sp³-hybridized carbons (Fsp3) is 0.375. The van der Waals surface area contributed by atoms with E-state index in [0.29, 0.717) is 9.97 Å². The van der Waals surface area contributed by atoms with Crippen molar-refractivity contribution in [3.8, 4) is 10.4 Å². The summed E-state index contributed by atoms with van der Waals surface area (Å²) in [6, 6.07) is 3.43. The molecule has 134 valence electrons. The van der Waals surface area contributed by atoms with E-state index in [4.69, 9.17) is 4.52 Å². The zero-order valence-electron chi connectivity index (χ0n) is 14.8. The summed E-state index contributed by atoms with van der Waals surface area (Å²) in [7, 11) is -0.177. The second-order valence-electron chi connectivity index (χ2n) is 5.99. The van der Waals surface area contributed by atoms with Crippen LogP contribution in [-0.4, -0.2) is 34.7 Å². The number of sulfonamides is 1. The van der Waals surface area contributed by atoms with Crippen molar-refractivity contribution < 1.29 is 12.9 Å². The van der Waals surface area contributed by atoms with Crippen molar-refractivity contribution in [3.05, 3.63) is 41.0 Å². The molecule has 0 aromatic carbocycles. The van der Waals surface area contributed by atoms with Gasteiger partial charge in [0, 0.05) is 37.3 Å². The minimum absolute atomic E-state index is 0.278. The number of hydrogen-bond acceptors (Lipinski definition) is 6. The molecule has 0 amide bonds. The first-order valence-corrected chi connectivity index (χ1v) is 9.94. The molecule has 3 heterocycles. The summed E-state index contributed by atoms with van der Waals surface area (Å²) in [4.78, 5) is 0.834. The third kappa shape index (κ3) is 3.26. The standard InChI is InChI=1S/C16H20N4O3S2/c1-10-13(8-19(4)17-10)9-20(5)25(21,22)15-7-6-14(24-15)16-11(2)18-23-12(16)3/h6-8H,9H2,1-5H3. The van der Waals surface area contributed by atoms with Crippen LogP contribution in [0.5, 0.6) is 0 Å². The van der Waals surface area contributed by atoms with E-state index in [9.17, 15) is 8.42 Å². The molecule has 0 spiro atoms. The molecule has 0 aliphatic carbocycles. The minimum atomic E-state index is -3.58. The molecule has 3 aromatic rings. The van der Waals surface area contributed by atoms with Gasteiger partial charge in [0.05, 0.1) is 17.0 Å². The molecule has 0 saturated heterocycles. The summed E-state index contributed by atoms with van der Waals surface area (Å²) in [6.07, 6.45) is 1.84. The second-order valence-corrected chi connectivity index (χ2v) is 9.35. The third-order valence-corrected chi connectivity index (χ3v) is 7.41. The SMILES string of the molecule is Cc1nn(C)cc1CN(C)S(=O)(=O)c1ccc(-c2c(C)noc2C)s1. The van der Waals surface area contributed by atoms with Crippen LogP contribution in [0.4, 0.5) is 0 Å². The third-order valence-electron chi connectivity index (χ3n) is 4.03. The molecule has 0 saturated carbocycles. The first-order chi connectivity index (χ1) is 11.7. The number of thiophene rings is 1. The van der Waals surface area contributed by atoms with Crippen molar-refractivity contribution in [3.63, 3.8) is 0 Å². The maximum absolute atomic E-state index is 12.9. The maximum atomic E-state index is 12.9. The molecular formula is C16H20N4O3S2. The Labute approximate surface area is 150 Å². The lowest BCUT2D eigenvalue weighted by Crippen LogP contribution is -2.25. The Bertz CT molecular complexity index is 995. The van der Waals surface area contributed by atoms with Gasteiger partial charge in [-0.3, -0.25) is 4.68 Å². The lowest BCUT2D eigenvalue weighted by molar-refractivity contribution is 0.393. The highest BCUT2D eigenvalue weighted by Crippen LogP contribution is 2.35. The van der Waals surface area contributed by atoms with E-state index in [0.717, 1.165) is 27.4 Å². The molecule has 0 bridgehead atoms. The summed E-state index contributed by atoms with van der Waals surface area (Å²) in [5.41, 5.74) is 3.32. The summed E-state index contributed by atoms with van der Waals surface area (Å²) in [6.45, 7) is 5.81. The largest absolute Gasteiger partial charge is 0.361 e. The molecule has 25 heavy (non-hydrogen) atoms. The normalized spacial score (nSPS) is 12.2. The lowest BCUT2D eigenvalue weighted by atomic mass is 10.2. The molecule has 0 atom stereocenters. The topological polar surface area (TPSA) is 81.2 Å². The number of rotatable bonds is 5. The quantitative estimate of drug-likeness (QED) is 0.680. The highest BCUT2D eigenvalue weighted by atomic mass is 32.2. The van der Waals surface area contributed by atoms with Gasteiger partial charge in [-0.15, -0.1) is 11.3 Å². The van der Waals surface area contributed by atoms with Gasteiger partial charge in [0.1, 0.15) is 9.97 Å². The van der Waals surface area contributed by atoms with Crippen LogP contribution < -0.4 is 0 Å². The first kappa shape index (κ1) is 17.8. The Balaban J connectivity index is 1.89. The van der Waals surface area contributed by atoms with Crippen molar-refractivity contribution in [1.82, 2.24) is 19.2 Å². The van der Waals surface area contributed by atoms with Crippen molar-refractivity contribution >= 4 is 21.4 Å². The smallest absolute Gasteiger partial charge is 0.252 e. The van der Waals surface area contributed by atoms with E-state index in [1.807, 2.05) is 34.0 Å². The highest BCUT2D eigenvalue weighted by molar-refractivity contribution is 7.91. The van der Waals surface area contributed by atoms with Gasteiger partial charge in [-0.1, -0.05) is 5.16 Å². The van der Waals surface area contributed by atoms with Crippen LogP contribution in [-0.2, 0) is 23.6 Å². The van der Waals surface area contributed by atoms with Crippen molar-refractivity contribution in [1.29, 1.82) is 0 Å². The van der Waals surface area contributed by atoms with Crippen LogP contribution in [0.3, 0.4) is 0 Å². The lowest BCUT2D eigenvalue weighted by Gasteiger charge is -2.15. The average molecular weight is 380 g/mol. The van der Waals surface area contributed by atoms with E-state index in [1.54, 1.807) is 23.9 Å². The van der Waals surface area contributed by atoms with E-state index in [1.165, 1.54) is 15.6 Å². The van der Waals surface area contributed by atoms with Crippen molar-refractivity contribution in [2.24, 2.45) is 7.05 Å². The Morgan fingerprint density at radius 1 is 1.24 bits per heavy atom. The molecule has 0 N–H and O–H groups in total. The molecule has 0 aliphatic heterocycles. The maximum Gasteiger partial charge on any atom is 0.252 e. The molecule has 7 nitrogen and oxygen atoms in total. The minimum Gasteiger partial charge on any atom is -0.361 e.